The second-order valence-corrected chi connectivity index (χ2v) is 8.65. The van der Waals surface area contributed by atoms with Gasteiger partial charge >= 0.3 is 0 Å². The van der Waals surface area contributed by atoms with Gasteiger partial charge in [-0.25, -0.2) is 0 Å². The molecule has 1 amide bonds. The van der Waals surface area contributed by atoms with E-state index in [4.69, 9.17) is 9.47 Å². The van der Waals surface area contributed by atoms with E-state index in [0.29, 0.717) is 24.4 Å². The summed E-state index contributed by atoms with van der Waals surface area (Å²) in [5, 5.41) is 13.6. The van der Waals surface area contributed by atoms with Crippen molar-refractivity contribution in [2.24, 2.45) is 5.92 Å². The number of aliphatic hydroxyl groups excluding tert-OH is 1. The van der Waals surface area contributed by atoms with Crippen molar-refractivity contribution in [1.29, 1.82) is 0 Å². The molecular weight excluding hydrogens is 392 g/mol. The van der Waals surface area contributed by atoms with Crippen LogP contribution in [0.5, 0.6) is 11.5 Å². The molecule has 1 aliphatic carbocycles. The van der Waals surface area contributed by atoms with Gasteiger partial charge in [0, 0.05) is 18.7 Å². The maximum atomic E-state index is 12.8. The van der Waals surface area contributed by atoms with Crippen LogP contribution < -0.4 is 14.8 Å². The maximum Gasteiger partial charge on any atom is 0.251 e. The predicted molar refractivity (Wildman–Crippen MR) is 119 cm³/mol. The first-order valence-corrected chi connectivity index (χ1v) is 11.2. The zero-order valence-corrected chi connectivity index (χ0v) is 18.1. The molecule has 0 bridgehead atoms. The normalized spacial score (nSPS) is 21.9. The highest BCUT2D eigenvalue weighted by Crippen LogP contribution is 2.29. The summed E-state index contributed by atoms with van der Waals surface area (Å²) in [6.07, 6.45) is 3.53. The Morgan fingerprint density at radius 3 is 2.45 bits per heavy atom. The molecule has 2 fully saturated rings. The third-order valence-corrected chi connectivity index (χ3v) is 6.07. The summed E-state index contributed by atoms with van der Waals surface area (Å²) >= 11 is 0. The maximum absolute atomic E-state index is 12.8. The van der Waals surface area contributed by atoms with E-state index in [0.717, 1.165) is 37.6 Å². The van der Waals surface area contributed by atoms with Crippen molar-refractivity contribution in [2.75, 3.05) is 26.8 Å². The van der Waals surface area contributed by atoms with Crippen LogP contribution >= 0.6 is 0 Å². The number of ether oxygens (including phenoxy) is 2. The predicted octanol–water partition coefficient (Wildman–Crippen LogP) is 3.24. The first kappa shape index (κ1) is 21.7. The lowest BCUT2D eigenvalue weighted by molar-refractivity contribution is 0.0798. The summed E-state index contributed by atoms with van der Waals surface area (Å²) in [7, 11) is 1.66. The van der Waals surface area contributed by atoms with Gasteiger partial charge in [0.15, 0.2) is 0 Å². The van der Waals surface area contributed by atoms with Gasteiger partial charge in [-0.3, -0.25) is 9.69 Å². The van der Waals surface area contributed by atoms with Crippen LogP contribution in [0.4, 0.5) is 0 Å². The van der Waals surface area contributed by atoms with Gasteiger partial charge < -0.3 is 19.9 Å². The zero-order valence-electron chi connectivity index (χ0n) is 18.1. The number of carbonyl (C=O) groups excluding carboxylic acids is 1. The molecule has 4 rings (SSSR count). The molecule has 0 aromatic heterocycles. The Morgan fingerprint density at radius 2 is 1.77 bits per heavy atom. The lowest BCUT2D eigenvalue weighted by Gasteiger charge is -2.27. The number of amides is 1. The number of rotatable bonds is 8. The highest BCUT2D eigenvalue weighted by atomic mass is 16.5. The number of hydrogen-bond donors (Lipinski definition) is 2. The van der Waals surface area contributed by atoms with Crippen molar-refractivity contribution in [1.82, 2.24) is 10.2 Å². The van der Waals surface area contributed by atoms with Crippen LogP contribution in [0.1, 0.15) is 41.6 Å². The standard InChI is InChI=1S/C25H32N2O4/c1-30-21-10-6-18(7-11-21)15-27-14-2-3-24(28)23(16-27)26-25(29)20-8-12-22(13-9-20)31-17-19-4-5-19/h6-13,19,23-24,28H,2-5,14-17H2,1H3,(H,26,29)/t23-,24-/m1/s1. The number of likely N-dealkylation sites (tertiary alicyclic amines) is 1. The molecule has 166 valence electrons. The third kappa shape index (κ3) is 6.21. The van der Waals surface area contributed by atoms with Gasteiger partial charge in [0.2, 0.25) is 0 Å². The fourth-order valence-electron chi connectivity index (χ4n) is 3.94. The van der Waals surface area contributed by atoms with Crippen LogP contribution in [0.25, 0.3) is 0 Å². The Balaban J connectivity index is 1.34. The van der Waals surface area contributed by atoms with Gasteiger partial charge in [0.1, 0.15) is 11.5 Å². The van der Waals surface area contributed by atoms with Gasteiger partial charge in [-0.15, -0.1) is 0 Å². The van der Waals surface area contributed by atoms with Crippen molar-refractivity contribution in [2.45, 2.75) is 44.4 Å². The molecule has 2 aliphatic rings. The molecule has 31 heavy (non-hydrogen) atoms. The van der Waals surface area contributed by atoms with Crippen LogP contribution in [0.3, 0.4) is 0 Å². The van der Waals surface area contributed by atoms with Gasteiger partial charge in [-0.05, 0) is 80.1 Å². The topological polar surface area (TPSA) is 71.0 Å². The monoisotopic (exact) mass is 424 g/mol. The smallest absolute Gasteiger partial charge is 0.251 e. The van der Waals surface area contributed by atoms with E-state index in [9.17, 15) is 9.90 Å². The Bertz CT molecular complexity index is 849. The molecule has 1 aliphatic heterocycles. The van der Waals surface area contributed by atoms with Gasteiger partial charge in [0.25, 0.3) is 5.91 Å². The number of nitrogens with one attached hydrogen (secondary N) is 1. The van der Waals surface area contributed by atoms with Crippen LogP contribution in [-0.4, -0.2) is 54.9 Å². The Labute approximate surface area is 184 Å². The van der Waals surface area contributed by atoms with Crippen molar-refractivity contribution >= 4 is 5.91 Å². The van der Waals surface area contributed by atoms with E-state index in [1.165, 1.54) is 18.4 Å². The minimum absolute atomic E-state index is 0.163. The van der Waals surface area contributed by atoms with Crippen LogP contribution in [0.15, 0.2) is 48.5 Å². The molecule has 0 spiro atoms. The van der Waals surface area contributed by atoms with Gasteiger partial charge in [0.05, 0.1) is 25.9 Å². The Kier molecular flexibility index (Phi) is 7.10. The van der Waals surface area contributed by atoms with Crippen molar-refractivity contribution in [3.05, 3.63) is 59.7 Å². The SMILES string of the molecule is COc1ccc(CN2CCC[C@@H](O)[C@H](NC(=O)c3ccc(OCC4CC4)cc3)C2)cc1. The number of nitrogens with zero attached hydrogens (tertiary/aromatic N) is 1. The van der Waals surface area contributed by atoms with Crippen molar-refractivity contribution in [3.63, 3.8) is 0 Å². The minimum atomic E-state index is -0.550. The molecular formula is C25H32N2O4. The Hall–Kier alpha value is -2.57. The molecule has 2 atom stereocenters. The average Bonchev–Trinajstić information content (AvgIpc) is 3.63. The minimum Gasteiger partial charge on any atom is -0.497 e. The lowest BCUT2D eigenvalue weighted by Crippen LogP contribution is -2.48. The summed E-state index contributed by atoms with van der Waals surface area (Å²) in [4.78, 5) is 15.1. The van der Waals surface area contributed by atoms with E-state index in [1.54, 1.807) is 19.2 Å². The molecule has 2 aromatic rings. The Morgan fingerprint density at radius 1 is 1.06 bits per heavy atom. The molecule has 0 unspecified atom stereocenters. The van der Waals surface area contributed by atoms with E-state index in [-0.39, 0.29) is 11.9 Å². The summed E-state index contributed by atoms with van der Waals surface area (Å²) < 4.78 is 11.0. The molecule has 6 heteroatoms. The third-order valence-electron chi connectivity index (χ3n) is 6.07. The van der Waals surface area contributed by atoms with Gasteiger partial charge in [-0.1, -0.05) is 12.1 Å². The second kappa shape index (κ2) is 10.2. The van der Waals surface area contributed by atoms with E-state index in [1.807, 2.05) is 24.3 Å². The summed E-state index contributed by atoms with van der Waals surface area (Å²) in [6.45, 7) is 3.03. The zero-order chi connectivity index (χ0) is 21.6. The molecule has 2 aromatic carbocycles. The number of carbonyl (C=O) groups is 1. The average molecular weight is 425 g/mol. The lowest BCUT2D eigenvalue weighted by atomic mass is 10.1. The highest BCUT2D eigenvalue weighted by molar-refractivity contribution is 5.94. The summed E-state index contributed by atoms with van der Waals surface area (Å²) in [5.74, 6) is 2.16. The van der Waals surface area contributed by atoms with Gasteiger partial charge in [-0.2, -0.15) is 0 Å². The largest absolute Gasteiger partial charge is 0.497 e. The molecule has 0 radical (unpaired) electrons. The number of methoxy groups -OCH3 is 1. The molecule has 2 N–H and O–H groups in total. The van der Waals surface area contributed by atoms with Crippen LogP contribution in [0, 0.1) is 5.92 Å². The number of hydrogen-bond acceptors (Lipinski definition) is 5. The first-order valence-electron chi connectivity index (χ1n) is 11.2. The fraction of sp³-hybridized carbons (Fsp3) is 0.480. The van der Waals surface area contributed by atoms with Crippen LogP contribution in [0.2, 0.25) is 0 Å². The van der Waals surface area contributed by atoms with Crippen molar-refractivity contribution < 1.29 is 19.4 Å². The number of benzene rings is 2. The fourth-order valence-corrected chi connectivity index (χ4v) is 3.94. The quantitative estimate of drug-likeness (QED) is 0.681. The van der Waals surface area contributed by atoms with Crippen LogP contribution in [-0.2, 0) is 6.54 Å². The summed E-state index contributed by atoms with van der Waals surface area (Å²) in [6, 6.07) is 15.0. The molecule has 1 saturated heterocycles. The number of aliphatic hydroxyl groups is 1. The van der Waals surface area contributed by atoms with Crippen molar-refractivity contribution in [3.8, 4) is 11.5 Å². The van der Waals surface area contributed by atoms with E-state index in [2.05, 4.69) is 22.3 Å². The highest BCUT2D eigenvalue weighted by Gasteiger charge is 2.27. The second-order valence-electron chi connectivity index (χ2n) is 8.65. The van der Waals surface area contributed by atoms with E-state index < -0.39 is 6.10 Å². The first-order chi connectivity index (χ1) is 15.1. The summed E-state index contributed by atoms with van der Waals surface area (Å²) in [5.41, 5.74) is 1.76. The molecule has 1 heterocycles. The molecule has 1 saturated carbocycles. The molecule has 6 nitrogen and oxygen atoms in total. The van der Waals surface area contributed by atoms with E-state index >= 15 is 0 Å².